The van der Waals surface area contributed by atoms with Crippen molar-refractivity contribution < 1.29 is 14.3 Å². The molecule has 0 atom stereocenters. The second kappa shape index (κ2) is 10.1. The number of halogens is 1. The summed E-state index contributed by atoms with van der Waals surface area (Å²) in [5.41, 5.74) is 4.77. The van der Waals surface area contributed by atoms with Gasteiger partial charge in [0.05, 0.1) is 5.71 Å². The standard InChI is InChI=1S/C22H24ClN3O3/c1-15(25-26-22(28)16-5-2-3-6-16)17-7-4-8-19(13-17)24-21(27)14-29-20-11-9-18(23)10-12-20/h4,7-13,16H,2-3,5-6,14H2,1H3,(H,24,27)(H,26,28)/b25-15+. The predicted molar refractivity (Wildman–Crippen MR) is 114 cm³/mol. The lowest BCUT2D eigenvalue weighted by molar-refractivity contribution is -0.124. The highest BCUT2D eigenvalue weighted by atomic mass is 35.5. The van der Waals surface area contributed by atoms with Crippen LogP contribution in [0, 0.1) is 5.92 Å². The van der Waals surface area contributed by atoms with E-state index in [0.717, 1.165) is 31.2 Å². The lowest BCUT2D eigenvalue weighted by atomic mass is 10.1. The highest BCUT2D eigenvalue weighted by Crippen LogP contribution is 2.24. The Bertz CT molecular complexity index is 890. The van der Waals surface area contributed by atoms with Crippen molar-refractivity contribution in [3.05, 3.63) is 59.1 Å². The van der Waals surface area contributed by atoms with E-state index in [9.17, 15) is 9.59 Å². The first-order valence-corrected chi connectivity index (χ1v) is 10.0. The summed E-state index contributed by atoms with van der Waals surface area (Å²) in [5, 5.41) is 7.61. The topological polar surface area (TPSA) is 79.8 Å². The largest absolute Gasteiger partial charge is 0.484 e. The van der Waals surface area contributed by atoms with Crippen LogP contribution in [0.1, 0.15) is 38.2 Å². The van der Waals surface area contributed by atoms with Gasteiger partial charge in [0.25, 0.3) is 5.91 Å². The Hall–Kier alpha value is -2.86. The Morgan fingerprint density at radius 1 is 1.14 bits per heavy atom. The van der Waals surface area contributed by atoms with Gasteiger partial charge in [0, 0.05) is 16.6 Å². The SMILES string of the molecule is C/C(=N\NC(=O)C1CCCC1)c1cccc(NC(=O)COc2ccc(Cl)cc2)c1. The predicted octanol–water partition coefficient (Wildman–Crippen LogP) is 4.39. The average Bonchev–Trinajstić information content (AvgIpc) is 3.26. The van der Waals surface area contributed by atoms with Gasteiger partial charge in [0.1, 0.15) is 5.75 Å². The molecule has 2 amide bonds. The molecule has 152 valence electrons. The van der Waals surface area contributed by atoms with Crippen molar-refractivity contribution >= 4 is 34.8 Å². The molecule has 1 aliphatic rings. The fourth-order valence-electron chi connectivity index (χ4n) is 3.18. The number of nitrogens with one attached hydrogen (secondary N) is 2. The summed E-state index contributed by atoms with van der Waals surface area (Å²) in [6.07, 6.45) is 4.06. The van der Waals surface area contributed by atoms with Crippen LogP contribution in [0.2, 0.25) is 5.02 Å². The smallest absolute Gasteiger partial charge is 0.262 e. The normalized spacial score (nSPS) is 14.5. The van der Waals surface area contributed by atoms with Crippen LogP contribution in [-0.4, -0.2) is 24.1 Å². The fraction of sp³-hybridized carbons (Fsp3) is 0.318. The van der Waals surface area contributed by atoms with E-state index in [1.807, 2.05) is 19.1 Å². The van der Waals surface area contributed by atoms with Crippen LogP contribution in [0.25, 0.3) is 0 Å². The Morgan fingerprint density at radius 2 is 1.86 bits per heavy atom. The van der Waals surface area contributed by atoms with Crippen molar-refractivity contribution in [1.29, 1.82) is 0 Å². The Labute approximate surface area is 175 Å². The first-order chi connectivity index (χ1) is 14.0. The van der Waals surface area contributed by atoms with E-state index in [1.54, 1.807) is 36.4 Å². The summed E-state index contributed by atoms with van der Waals surface area (Å²) in [6, 6.07) is 14.1. The summed E-state index contributed by atoms with van der Waals surface area (Å²) in [7, 11) is 0. The maximum Gasteiger partial charge on any atom is 0.262 e. The quantitative estimate of drug-likeness (QED) is 0.522. The fourth-order valence-corrected chi connectivity index (χ4v) is 3.31. The van der Waals surface area contributed by atoms with Gasteiger partial charge in [-0.1, -0.05) is 36.6 Å². The minimum Gasteiger partial charge on any atom is -0.484 e. The average molecular weight is 414 g/mol. The van der Waals surface area contributed by atoms with E-state index in [2.05, 4.69) is 15.8 Å². The van der Waals surface area contributed by atoms with E-state index < -0.39 is 0 Å². The third-order valence-corrected chi connectivity index (χ3v) is 5.06. The molecule has 0 unspecified atom stereocenters. The van der Waals surface area contributed by atoms with Crippen molar-refractivity contribution in [1.82, 2.24) is 5.43 Å². The maximum absolute atomic E-state index is 12.1. The van der Waals surface area contributed by atoms with Crippen molar-refractivity contribution in [3.63, 3.8) is 0 Å². The van der Waals surface area contributed by atoms with Gasteiger partial charge in [-0.3, -0.25) is 9.59 Å². The van der Waals surface area contributed by atoms with Gasteiger partial charge in [-0.15, -0.1) is 0 Å². The molecule has 0 aromatic heterocycles. The van der Waals surface area contributed by atoms with Gasteiger partial charge in [0.15, 0.2) is 6.61 Å². The molecule has 1 aliphatic carbocycles. The second-order valence-electron chi connectivity index (χ2n) is 7.03. The van der Waals surface area contributed by atoms with Crippen LogP contribution in [0.5, 0.6) is 5.75 Å². The first kappa shape index (κ1) is 20.9. The number of carbonyl (C=O) groups is 2. The number of hydrogen-bond donors (Lipinski definition) is 2. The van der Waals surface area contributed by atoms with Crippen molar-refractivity contribution in [2.24, 2.45) is 11.0 Å². The lowest BCUT2D eigenvalue weighted by Gasteiger charge is -2.10. The Balaban J connectivity index is 1.53. The molecular weight excluding hydrogens is 390 g/mol. The summed E-state index contributed by atoms with van der Waals surface area (Å²) in [6.45, 7) is 1.70. The number of hydrazone groups is 1. The van der Waals surface area contributed by atoms with Gasteiger partial charge in [0.2, 0.25) is 5.91 Å². The molecule has 0 radical (unpaired) electrons. The molecule has 3 rings (SSSR count). The Kier molecular flexibility index (Phi) is 7.25. The number of rotatable bonds is 7. The molecule has 29 heavy (non-hydrogen) atoms. The van der Waals surface area contributed by atoms with Gasteiger partial charge in [-0.25, -0.2) is 5.43 Å². The summed E-state index contributed by atoms with van der Waals surface area (Å²) in [5.74, 6) is 0.337. The van der Waals surface area contributed by atoms with Crippen LogP contribution < -0.4 is 15.5 Å². The number of carbonyl (C=O) groups excluding carboxylic acids is 2. The molecule has 1 saturated carbocycles. The van der Waals surface area contributed by atoms with Crippen molar-refractivity contribution in [3.8, 4) is 5.75 Å². The van der Waals surface area contributed by atoms with Gasteiger partial charge in [-0.2, -0.15) is 5.10 Å². The first-order valence-electron chi connectivity index (χ1n) is 9.64. The van der Waals surface area contributed by atoms with Gasteiger partial charge < -0.3 is 10.1 Å². The minimum absolute atomic E-state index is 0.0225. The van der Waals surface area contributed by atoms with Gasteiger partial charge >= 0.3 is 0 Å². The molecule has 2 aromatic rings. The number of benzene rings is 2. The van der Waals surface area contributed by atoms with E-state index in [-0.39, 0.29) is 24.3 Å². The zero-order chi connectivity index (χ0) is 20.6. The third-order valence-electron chi connectivity index (χ3n) is 4.81. The second-order valence-corrected chi connectivity index (χ2v) is 7.46. The van der Waals surface area contributed by atoms with Crippen molar-refractivity contribution in [2.75, 3.05) is 11.9 Å². The summed E-state index contributed by atoms with van der Waals surface area (Å²) >= 11 is 5.83. The number of hydrogen-bond acceptors (Lipinski definition) is 4. The number of amides is 2. The lowest BCUT2D eigenvalue weighted by Crippen LogP contribution is -2.26. The number of nitrogens with zero attached hydrogens (tertiary/aromatic N) is 1. The highest BCUT2D eigenvalue weighted by molar-refractivity contribution is 6.30. The van der Waals surface area contributed by atoms with Crippen LogP contribution in [0.3, 0.4) is 0 Å². The van der Waals surface area contributed by atoms with Crippen LogP contribution in [-0.2, 0) is 9.59 Å². The molecule has 0 spiro atoms. The van der Waals surface area contributed by atoms with Crippen LogP contribution in [0.15, 0.2) is 53.6 Å². The molecule has 0 aliphatic heterocycles. The molecule has 2 N–H and O–H groups in total. The molecule has 1 fully saturated rings. The van der Waals surface area contributed by atoms with Crippen LogP contribution >= 0.6 is 11.6 Å². The van der Waals surface area contributed by atoms with E-state index >= 15 is 0 Å². The molecule has 0 bridgehead atoms. The number of ether oxygens (including phenoxy) is 1. The van der Waals surface area contributed by atoms with Gasteiger partial charge in [-0.05, 0) is 61.7 Å². The summed E-state index contributed by atoms with van der Waals surface area (Å²) < 4.78 is 5.44. The molecule has 0 saturated heterocycles. The van der Waals surface area contributed by atoms with E-state index in [4.69, 9.17) is 16.3 Å². The molecular formula is C22H24ClN3O3. The minimum atomic E-state index is -0.277. The van der Waals surface area contributed by atoms with E-state index in [1.165, 1.54) is 0 Å². The monoisotopic (exact) mass is 413 g/mol. The van der Waals surface area contributed by atoms with E-state index in [0.29, 0.717) is 22.2 Å². The Morgan fingerprint density at radius 3 is 2.59 bits per heavy atom. The van der Waals surface area contributed by atoms with Crippen molar-refractivity contribution in [2.45, 2.75) is 32.6 Å². The molecule has 7 heteroatoms. The van der Waals surface area contributed by atoms with Crippen LogP contribution in [0.4, 0.5) is 5.69 Å². The maximum atomic E-state index is 12.1. The highest BCUT2D eigenvalue weighted by Gasteiger charge is 2.22. The third kappa shape index (κ3) is 6.32. The zero-order valence-electron chi connectivity index (χ0n) is 16.3. The molecule has 6 nitrogen and oxygen atoms in total. The molecule has 2 aromatic carbocycles. The molecule has 0 heterocycles. The summed E-state index contributed by atoms with van der Waals surface area (Å²) in [4.78, 5) is 24.3. The zero-order valence-corrected chi connectivity index (χ0v) is 17.0. The number of anilines is 1.